The van der Waals surface area contributed by atoms with Gasteiger partial charge in [0.15, 0.2) is 5.79 Å². The summed E-state index contributed by atoms with van der Waals surface area (Å²) in [6, 6.07) is 1.18. The van der Waals surface area contributed by atoms with Gasteiger partial charge in [-0.2, -0.15) is 0 Å². The molecular formula is C14H26N2O2. The summed E-state index contributed by atoms with van der Waals surface area (Å²) in [5, 5.41) is 3.50. The summed E-state index contributed by atoms with van der Waals surface area (Å²) in [6.07, 6.45) is 7.34. The molecule has 4 heteroatoms. The molecule has 3 rings (SSSR count). The first kappa shape index (κ1) is 12.9. The maximum Gasteiger partial charge on any atom is 0.170 e. The third kappa shape index (κ3) is 2.44. The van der Waals surface area contributed by atoms with Crippen molar-refractivity contribution in [3.05, 3.63) is 0 Å². The Kier molecular flexibility index (Phi) is 3.89. The zero-order valence-corrected chi connectivity index (χ0v) is 11.5. The molecular weight excluding hydrogens is 228 g/mol. The van der Waals surface area contributed by atoms with Crippen molar-refractivity contribution in [3.8, 4) is 0 Å². The molecule has 3 aliphatic rings. The molecule has 4 nitrogen and oxygen atoms in total. The summed E-state index contributed by atoms with van der Waals surface area (Å²) in [5.41, 5.74) is 0. The van der Waals surface area contributed by atoms with E-state index in [9.17, 15) is 0 Å². The van der Waals surface area contributed by atoms with Crippen molar-refractivity contribution >= 4 is 0 Å². The van der Waals surface area contributed by atoms with Gasteiger partial charge in [0, 0.05) is 24.9 Å². The normalized spacial score (nSPS) is 37.2. The van der Waals surface area contributed by atoms with Crippen molar-refractivity contribution in [2.75, 3.05) is 33.4 Å². The second-order valence-electron chi connectivity index (χ2n) is 5.91. The van der Waals surface area contributed by atoms with Crippen LogP contribution in [0.1, 0.15) is 38.5 Å². The van der Waals surface area contributed by atoms with E-state index in [-0.39, 0.29) is 5.79 Å². The smallest absolute Gasteiger partial charge is 0.170 e. The van der Waals surface area contributed by atoms with Crippen LogP contribution >= 0.6 is 0 Å². The molecule has 2 aliphatic heterocycles. The van der Waals surface area contributed by atoms with Gasteiger partial charge in [0.1, 0.15) is 0 Å². The summed E-state index contributed by atoms with van der Waals surface area (Å²) < 4.78 is 11.8. The monoisotopic (exact) mass is 254 g/mol. The summed E-state index contributed by atoms with van der Waals surface area (Å²) in [7, 11) is 2.09. The molecule has 1 spiro atoms. The van der Waals surface area contributed by atoms with Crippen LogP contribution in [0, 0.1) is 0 Å². The Hall–Kier alpha value is -0.160. The zero-order valence-electron chi connectivity index (χ0n) is 11.5. The van der Waals surface area contributed by atoms with Gasteiger partial charge < -0.3 is 14.8 Å². The van der Waals surface area contributed by atoms with Crippen LogP contribution in [0.3, 0.4) is 0 Å². The second-order valence-corrected chi connectivity index (χ2v) is 5.91. The number of nitrogens with one attached hydrogen (secondary N) is 1. The minimum absolute atomic E-state index is 0.255. The Morgan fingerprint density at radius 2 is 1.83 bits per heavy atom. The number of hydrogen-bond donors (Lipinski definition) is 1. The average Bonchev–Trinajstić information content (AvgIpc) is 2.88. The molecule has 1 N–H and O–H groups in total. The number of nitrogens with zero attached hydrogens (tertiary/aromatic N) is 1. The molecule has 104 valence electrons. The number of likely N-dealkylation sites (N-methyl/N-ethyl adjacent to an activating group) is 1. The average molecular weight is 254 g/mol. The molecule has 2 heterocycles. The fourth-order valence-corrected chi connectivity index (χ4v) is 3.86. The molecule has 1 saturated carbocycles. The molecule has 18 heavy (non-hydrogen) atoms. The van der Waals surface area contributed by atoms with Crippen LogP contribution < -0.4 is 5.32 Å². The van der Waals surface area contributed by atoms with E-state index in [2.05, 4.69) is 17.3 Å². The van der Waals surface area contributed by atoms with Crippen molar-refractivity contribution < 1.29 is 9.47 Å². The van der Waals surface area contributed by atoms with Crippen LogP contribution in [0.25, 0.3) is 0 Å². The fourth-order valence-electron chi connectivity index (χ4n) is 3.86. The highest BCUT2D eigenvalue weighted by atomic mass is 16.7. The Balaban J connectivity index is 1.70. The fraction of sp³-hybridized carbons (Fsp3) is 1.00. The van der Waals surface area contributed by atoms with Crippen molar-refractivity contribution in [2.24, 2.45) is 0 Å². The van der Waals surface area contributed by atoms with E-state index in [1.807, 2.05) is 0 Å². The Morgan fingerprint density at radius 3 is 2.50 bits per heavy atom. The van der Waals surface area contributed by atoms with Crippen LogP contribution in [0.4, 0.5) is 0 Å². The molecule has 0 aromatic heterocycles. The predicted octanol–water partition coefficient (Wildman–Crippen LogP) is 1.36. The van der Waals surface area contributed by atoms with Crippen molar-refractivity contribution in [1.82, 2.24) is 10.2 Å². The molecule has 1 aliphatic carbocycles. The van der Waals surface area contributed by atoms with Crippen LogP contribution in [0.15, 0.2) is 0 Å². The zero-order chi connectivity index (χ0) is 12.4. The van der Waals surface area contributed by atoms with Gasteiger partial charge in [-0.05, 0) is 39.4 Å². The summed E-state index contributed by atoms with van der Waals surface area (Å²) in [5.74, 6) is -0.255. The first-order valence-electron chi connectivity index (χ1n) is 7.52. The lowest BCUT2D eigenvalue weighted by atomic mass is 9.84. The van der Waals surface area contributed by atoms with Crippen LogP contribution in [0.5, 0.6) is 0 Å². The first-order valence-corrected chi connectivity index (χ1v) is 7.52. The van der Waals surface area contributed by atoms with Crippen molar-refractivity contribution in [3.63, 3.8) is 0 Å². The second kappa shape index (κ2) is 5.45. The van der Waals surface area contributed by atoms with E-state index in [0.29, 0.717) is 12.1 Å². The molecule has 0 aromatic carbocycles. The number of hydrogen-bond acceptors (Lipinski definition) is 4. The minimum atomic E-state index is -0.255. The highest BCUT2D eigenvalue weighted by Crippen LogP contribution is 2.38. The Labute approximate surface area is 110 Å². The van der Waals surface area contributed by atoms with E-state index >= 15 is 0 Å². The summed E-state index contributed by atoms with van der Waals surface area (Å²) in [4.78, 5) is 2.66. The quantitative estimate of drug-likeness (QED) is 0.806. The third-order valence-corrected chi connectivity index (χ3v) is 4.86. The van der Waals surface area contributed by atoms with Gasteiger partial charge in [-0.1, -0.05) is 6.42 Å². The molecule has 2 saturated heterocycles. The number of piperidine rings is 1. The standard InChI is InChI=1S/C14H26N2O2/c1-15-12-5-6-14(17-9-10-18-14)11-13(12)16-7-3-2-4-8-16/h12-13,15H,2-11H2,1H3/t12-,13-/m1/s1. The predicted molar refractivity (Wildman–Crippen MR) is 70.5 cm³/mol. The number of rotatable bonds is 2. The summed E-state index contributed by atoms with van der Waals surface area (Å²) in [6.45, 7) is 4.05. The molecule has 2 atom stereocenters. The largest absolute Gasteiger partial charge is 0.347 e. The van der Waals surface area contributed by atoms with E-state index in [1.54, 1.807) is 0 Å². The lowest BCUT2D eigenvalue weighted by Crippen LogP contribution is -2.58. The van der Waals surface area contributed by atoms with E-state index < -0.39 is 0 Å². The van der Waals surface area contributed by atoms with Gasteiger partial charge in [-0.25, -0.2) is 0 Å². The third-order valence-electron chi connectivity index (χ3n) is 4.86. The van der Waals surface area contributed by atoms with Gasteiger partial charge in [0.05, 0.1) is 13.2 Å². The minimum Gasteiger partial charge on any atom is -0.347 e. The van der Waals surface area contributed by atoms with Crippen molar-refractivity contribution in [2.45, 2.75) is 56.4 Å². The molecule has 0 unspecified atom stereocenters. The van der Waals surface area contributed by atoms with E-state index in [1.165, 1.54) is 32.4 Å². The van der Waals surface area contributed by atoms with E-state index in [0.717, 1.165) is 32.5 Å². The van der Waals surface area contributed by atoms with E-state index in [4.69, 9.17) is 9.47 Å². The molecule has 3 fully saturated rings. The van der Waals surface area contributed by atoms with Crippen LogP contribution in [-0.2, 0) is 9.47 Å². The summed E-state index contributed by atoms with van der Waals surface area (Å²) >= 11 is 0. The molecule has 0 radical (unpaired) electrons. The van der Waals surface area contributed by atoms with Gasteiger partial charge in [-0.3, -0.25) is 4.90 Å². The molecule has 0 amide bonds. The lowest BCUT2D eigenvalue weighted by Gasteiger charge is -2.47. The SMILES string of the molecule is CN[C@@H]1CCC2(C[C@H]1N1CCCCC1)OCCO2. The number of likely N-dealkylation sites (tertiary alicyclic amines) is 1. The molecule has 0 bridgehead atoms. The Bertz CT molecular complexity index is 273. The van der Waals surface area contributed by atoms with Gasteiger partial charge in [-0.15, -0.1) is 0 Å². The number of ether oxygens (including phenoxy) is 2. The van der Waals surface area contributed by atoms with Crippen LogP contribution in [0.2, 0.25) is 0 Å². The maximum atomic E-state index is 5.92. The maximum absolute atomic E-state index is 5.92. The van der Waals surface area contributed by atoms with Gasteiger partial charge in [0.2, 0.25) is 0 Å². The molecule has 0 aromatic rings. The van der Waals surface area contributed by atoms with Gasteiger partial charge >= 0.3 is 0 Å². The van der Waals surface area contributed by atoms with Crippen LogP contribution in [-0.4, -0.2) is 56.1 Å². The highest BCUT2D eigenvalue weighted by Gasteiger charge is 2.46. The lowest BCUT2D eigenvalue weighted by molar-refractivity contribution is -0.193. The van der Waals surface area contributed by atoms with Crippen molar-refractivity contribution in [1.29, 1.82) is 0 Å². The Morgan fingerprint density at radius 1 is 1.11 bits per heavy atom. The first-order chi connectivity index (χ1) is 8.83. The van der Waals surface area contributed by atoms with Gasteiger partial charge in [0.25, 0.3) is 0 Å². The highest BCUT2D eigenvalue weighted by molar-refractivity contribution is 4.96. The topological polar surface area (TPSA) is 33.7 Å².